The molecular formula is C40H50FN5O7S. The number of thiophene rings is 1. The van der Waals surface area contributed by atoms with E-state index in [1.54, 1.807) is 18.2 Å². The van der Waals surface area contributed by atoms with E-state index in [9.17, 15) is 19.1 Å². The molecule has 0 saturated carbocycles. The predicted octanol–water partition coefficient (Wildman–Crippen LogP) is 4.92. The highest BCUT2D eigenvalue weighted by Gasteiger charge is 2.25. The van der Waals surface area contributed by atoms with Gasteiger partial charge in [-0.25, -0.2) is 9.18 Å². The van der Waals surface area contributed by atoms with E-state index in [1.807, 2.05) is 42.5 Å². The number of piperidine rings is 1. The molecule has 54 heavy (non-hydrogen) atoms. The van der Waals surface area contributed by atoms with Gasteiger partial charge in [0.15, 0.2) is 0 Å². The maximum atomic E-state index is 13.8. The zero-order valence-electron chi connectivity index (χ0n) is 30.3. The summed E-state index contributed by atoms with van der Waals surface area (Å²) in [4.78, 5) is 28.1. The highest BCUT2D eigenvalue weighted by Crippen LogP contribution is 2.35. The average Bonchev–Trinajstić information content (AvgIpc) is 3.59. The first kappa shape index (κ1) is 40.6. The molecule has 3 aromatic carbocycles. The molecule has 4 aromatic rings. The van der Waals surface area contributed by atoms with Crippen LogP contribution in [-0.4, -0.2) is 106 Å². The van der Waals surface area contributed by atoms with Crippen molar-refractivity contribution in [3.8, 4) is 21.9 Å². The van der Waals surface area contributed by atoms with Crippen LogP contribution in [0.1, 0.15) is 28.1 Å². The Hall–Kier alpha value is -4.57. The van der Waals surface area contributed by atoms with Gasteiger partial charge in [0.05, 0.1) is 38.7 Å². The van der Waals surface area contributed by atoms with Gasteiger partial charge in [0.1, 0.15) is 34.9 Å². The number of aliphatic hydroxyl groups excluding tert-OH is 1. The minimum absolute atomic E-state index is 0.0746. The number of aliphatic hydroxyl groups is 1. The van der Waals surface area contributed by atoms with Crippen LogP contribution in [-0.2, 0) is 15.9 Å². The highest BCUT2D eigenvalue weighted by atomic mass is 32.1. The van der Waals surface area contributed by atoms with Crippen LogP contribution < -0.4 is 31.2 Å². The Kier molecular flexibility index (Phi) is 16.5. The van der Waals surface area contributed by atoms with Crippen molar-refractivity contribution in [3.63, 3.8) is 0 Å². The molecule has 1 aromatic heterocycles. The van der Waals surface area contributed by atoms with Gasteiger partial charge in [-0.3, -0.25) is 9.69 Å². The normalized spacial score (nSPS) is 15.0. The quantitative estimate of drug-likeness (QED) is 0.0702. The van der Waals surface area contributed by atoms with Gasteiger partial charge in [0, 0.05) is 49.6 Å². The number of nitrogens with one attached hydrogen (secondary N) is 3. The molecule has 0 aliphatic carbocycles. The lowest BCUT2D eigenvalue weighted by Gasteiger charge is -2.33. The summed E-state index contributed by atoms with van der Waals surface area (Å²) in [6.07, 6.45) is 1.89. The molecular weight excluding hydrogens is 714 g/mol. The minimum Gasteiger partial charge on any atom is -0.493 e. The number of primary amides is 1. The van der Waals surface area contributed by atoms with Crippen LogP contribution in [0.2, 0.25) is 0 Å². The fraction of sp³-hybridized carbons (Fsp3) is 0.400. The summed E-state index contributed by atoms with van der Waals surface area (Å²) in [7, 11) is 0. The van der Waals surface area contributed by atoms with E-state index >= 15 is 0 Å². The molecule has 1 aliphatic rings. The van der Waals surface area contributed by atoms with Crippen LogP contribution in [0.15, 0.2) is 84.9 Å². The summed E-state index contributed by atoms with van der Waals surface area (Å²) < 4.78 is 36.9. The summed E-state index contributed by atoms with van der Waals surface area (Å²) in [5.74, 6) is 0.664. The van der Waals surface area contributed by atoms with Crippen LogP contribution in [0.5, 0.6) is 11.5 Å². The van der Waals surface area contributed by atoms with Crippen molar-refractivity contribution in [2.45, 2.75) is 31.4 Å². The second kappa shape index (κ2) is 22.0. The molecule has 3 amide bonds. The summed E-state index contributed by atoms with van der Waals surface area (Å²) in [6.45, 7) is 5.91. The van der Waals surface area contributed by atoms with Crippen LogP contribution in [0.4, 0.5) is 14.9 Å². The molecule has 0 spiro atoms. The number of halogens is 1. The van der Waals surface area contributed by atoms with Gasteiger partial charge in [-0.15, -0.1) is 11.3 Å². The summed E-state index contributed by atoms with van der Waals surface area (Å²) in [5.41, 5.74) is 7.47. The Labute approximate surface area is 319 Å². The number of anilines is 1. The number of urea groups is 1. The third kappa shape index (κ3) is 14.0. The number of ether oxygens (including phenoxy) is 4. The lowest BCUT2D eigenvalue weighted by molar-refractivity contribution is 0.0346. The van der Waals surface area contributed by atoms with Gasteiger partial charge in [-0.2, -0.15) is 0 Å². The van der Waals surface area contributed by atoms with Crippen molar-refractivity contribution in [1.82, 2.24) is 15.5 Å². The zero-order valence-corrected chi connectivity index (χ0v) is 31.2. The number of nitrogens with two attached hydrogens (primary N) is 1. The smallest absolute Gasteiger partial charge is 0.316 e. The van der Waals surface area contributed by atoms with Crippen molar-refractivity contribution in [2.24, 2.45) is 5.73 Å². The number of likely N-dealkylation sites (tertiary alicyclic amines) is 1. The molecule has 290 valence electrons. The van der Waals surface area contributed by atoms with Crippen molar-refractivity contribution in [2.75, 3.05) is 77.7 Å². The molecule has 12 nitrogen and oxygen atoms in total. The fourth-order valence-electron chi connectivity index (χ4n) is 5.96. The number of carbonyl (C=O) groups excluding carboxylic acids is 2. The number of rotatable bonds is 22. The van der Waals surface area contributed by atoms with E-state index in [0.29, 0.717) is 79.4 Å². The lowest BCUT2D eigenvalue weighted by atomic mass is 10.1. The number of hydrogen-bond donors (Lipinski definition) is 5. The first-order valence-electron chi connectivity index (χ1n) is 18.3. The van der Waals surface area contributed by atoms with Crippen LogP contribution in [0, 0.1) is 5.82 Å². The number of nitrogens with zero attached hydrogens (tertiary/aromatic N) is 1. The second-order valence-corrected chi connectivity index (χ2v) is 14.0. The van der Waals surface area contributed by atoms with Crippen molar-refractivity contribution < 1.29 is 38.0 Å². The van der Waals surface area contributed by atoms with Crippen LogP contribution in [0.3, 0.4) is 0 Å². The van der Waals surface area contributed by atoms with E-state index < -0.39 is 18.0 Å². The topological polar surface area (TPSA) is 157 Å². The van der Waals surface area contributed by atoms with Gasteiger partial charge < -0.3 is 45.7 Å². The standard InChI is InChI=1S/C40H50FN5O7S/c41-31-10-4-9-30(23-31)37-25-36(45-40(42)49)38(54-37)39(48)44-32-11-6-16-46(27-32)17-20-51-22-21-50-19-15-43-26-33(47)28-53-35-13-5-12-34(24-35)52-18-14-29-7-2-1-3-8-29/h1-5,7-10,12-13,23-25,32-33,43,47H,6,11,14-22,26-28H2,(H,44,48)(H3,42,45,49)/t32-,33?/m0/s1. The Balaban J connectivity index is 0.893. The first-order chi connectivity index (χ1) is 26.3. The summed E-state index contributed by atoms with van der Waals surface area (Å²) in [5, 5.41) is 19.1. The van der Waals surface area contributed by atoms with E-state index in [1.165, 1.54) is 29.0 Å². The zero-order chi connectivity index (χ0) is 38.0. The molecule has 0 bridgehead atoms. The Morgan fingerprint density at radius 3 is 2.50 bits per heavy atom. The molecule has 2 atom stereocenters. The van der Waals surface area contributed by atoms with E-state index in [0.717, 1.165) is 38.1 Å². The Morgan fingerprint density at radius 1 is 0.926 bits per heavy atom. The van der Waals surface area contributed by atoms with E-state index in [-0.39, 0.29) is 18.6 Å². The highest BCUT2D eigenvalue weighted by molar-refractivity contribution is 7.18. The second-order valence-electron chi connectivity index (χ2n) is 12.9. The van der Waals surface area contributed by atoms with Crippen molar-refractivity contribution in [3.05, 3.63) is 101 Å². The van der Waals surface area contributed by atoms with Crippen LogP contribution >= 0.6 is 11.3 Å². The molecule has 1 saturated heterocycles. The predicted molar refractivity (Wildman–Crippen MR) is 208 cm³/mol. The fourth-order valence-corrected chi connectivity index (χ4v) is 6.97. The number of amides is 3. The summed E-state index contributed by atoms with van der Waals surface area (Å²) >= 11 is 1.17. The molecule has 1 fully saturated rings. The molecule has 1 unspecified atom stereocenters. The van der Waals surface area contributed by atoms with Gasteiger partial charge in [0.25, 0.3) is 5.91 Å². The molecule has 0 radical (unpaired) electrons. The molecule has 5 rings (SSSR count). The molecule has 14 heteroatoms. The van der Waals surface area contributed by atoms with Crippen LogP contribution in [0.25, 0.3) is 10.4 Å². The van der Waals surface area contributed by atoms with Gasteiger partial charge in [-0.05, 0) is 60.8 Å². The van der Waals surface area contributed by atoms with E-state index in [2.05, 4.69) is 33.0 Å². The number of carbonyl (C=O) groups is 2. The molecule has 2 heterocycles. The molecule has 6 N–H and O–H groups in total. The molecule has 1 aliphatic heterocycles. The third-order valence-electron chi connectivity index (χ3n) is 8.62. The van der Waals surface area contributed by atoms with E-state index in [4.69, 9.17) is 24.7 Å². The Bertz CT molecular complexity index is 1750. The lowest BCUT2D eigenvalue weighted by Crippen LogP contribution is -2.48. The number of benzene rings is 3. The monoisotopic (exact) mass is 763 g/mol. The van der Waals surface area contributed by atoms with Crippen molar-refractivity contribution >= 4 is 29.0 Å². The van der Waals surface area contributed by atoms with Gasteiger partial charge in [-0.1, -0.05) is 48.5 Å². The van der Waals surface area contributed by atoms with Crippen molar-refractivity contribution in [1.29, 1.82) is 0 Å². The average molecular weight is 764 g/mol. The maximum Gasteiger partial charge on any atom is 0.316 e. The SMILES string of the molecule is NC(=O)Nc1cc(-c2cccc(F)c2)sc1C(=O)N[C@H]1CCCN(CCOCCOCCNCC(O)COc2cccc(OCCc3ccccc3)c2)C1. The largest absolute Gasteiger partial charge is 0.493 e. The minimum atomic E-state index is -0.782. The summed E-state index contributed by atoms with van der Waals surface area (Å²) in [6, 6.07) is 24.5. The first-order valence-corrected chi connectivity index (χ1v) is 19.1. The van der Waals surface area contributed by atoms with Gasteiger partial charge in [0.2, 0.25) is 0 Å². The third-order valence-corrected chi connectivity index (χ3v) is 9.81. The maximum absolute atomic E-state index is 13.8. The Morgan fingerprint density at radius 2 is 1.70 bits per heavy atom. The number of hydrogen-bond acceptors (Lipinski definition) is 10. The van der Waals surface area contributed by atoms with Gasteiger partial charge >= 0.3 is 6.03 Å².